The van der Waals surface area contributed by atoms with Crippen molar-refractivity contribution in [2.24, 2.45) is 0 Å². The van der Waals surface area contributed by atoms with E-state index < -0.39 is 32.4 Å². The van der Waals surface area contributed by atoms with Crippen molar-refractivity contribution in [1.82, 2.24) is 9.62 Å². The van der Waals surface area contributed by atoms with Gasteiger partial charge in [0.05, 0.1) is 0 Å². The van der Waals surface area contributed by atoms with Gasteiger partial charge in [0.15, 0.2) is 4.90 Å². The number of hydrogen-bond donors (Lipinski definition) is 1. The largest absolute Gasteiger partial charge is 0.314 e. The Morgan fingerprint density at radius 1 is 1.19 bits per heavy atom. The molecule has 0 radical (unpaired) electrons. The molecule has 1 fully saturated rings. The van der Waals surface area contributed by atoms with Gasteiger partial charge in [0.25, 0.3) is 0 Å². The minimum absolute atomic E-state index is 0.177. The Morgan fingerprint density at radius 3 is 2.19 bits per heavy atom. The summed E-state index contributed by atoms with van der Waals surface area (Å²) < 4.78 is 65.9. The van der Waals surface area contributed by atoms with E-state index in [-0.39, 0.29) is 19.1 Å². The van der Waals surface area contributed by atoms with Crippen LogP contribution in [-0.2, 0) is 10.0 Å². The van der Waals surface area contributed by atoms with Gasteiger partial charge < -0.3 is 5.32 Å². The highest BCUT2D eigenvalue weighted by atomic mass is 32.2. The maximum Gasteiger partial charge on any atom is 0.248 e. The van der Waals surface area contributed by atoms with Crippen molar-refractivity contribution in [2.75, 3.05) is 19.6 Å². The third-order valence-corrected chi connectivity index (χ3v) is 5.46. The van der Waals surface area contributed by atoms with Crippen LogP contribution in [0.15, 0.2) is 17.0 Å². The topological polar surface area (TPSA) is 49.4 Å². The normalized spacial score (nSPS) is 18.1. The molecule has 1 aromatic carbocycles. The van der Waals surface area contributed by atoms with E-state index in [1.807, 2.05) is 6.92 Å². The molecule has 1 heterocycles. The fourth-order valence-electron chi connectivity index (χ4n) is 2.49. The van der Waals surface area contributed by atoms with E-state index in [1.165, 1.54) is 0 Å². The first kappa shape index (κ1) is 16.3. The number of piperidine rings is 1. The average Bonchev–Trinajstić information content (AvgIpc) is 2.38. The van der Waals surface area contributed by atoms with Crippen LogP contribution in [0.4, 0.5) is 13.2 Å². The standard InChI is InChI=1S/C13H17F3N2O2S/c1-2-17-10-3-5-18(6-4-10)21(19,20)13-11(15)7-9(14)8-12(13)16/h7-8,10,17H,2-6H2,1H3. The SMILES string of the molecule is CCNC1CCN(S(=O)(=O)c2c(F)cc(F)cc2F)CC1. The number of sulfonamides is 1. The summed E-state index contributed by atoms with van der Waals surface area (Å²) in [7, 11) is -4.29. The van der Waals surface area contributed by atoms with Crippen LogP contribution in [-0.4, -0.2) is 38.4 Å². The smallest absolute Gasteiger partial charge is 0.248 e. The van der Waals surface area contributed by atoms with E-state index in [2.05, 4.69) is 5.32 Å². The average molecular weight is 322 g/mol. The van der Waals surface area contributed by atoms with Crippen LogP contribution in [0.3, 0.4) is 0 Å². The Bertz CT molecular complexity index is 591. The molecule has 1 N–H and O–H groups in total. The van der Waals surface area contributed by atoms with Crippen LogP contribution in [0.25, 0.3) is 0 Å². The Kier molecular flexibility index (Phi) is 4.90. The third kappa shape index (κ3) is 3.38. The lowest BCUT2D eigenvalue weighted by Crippen LogP contribution is -2.45. The van der Waals surface area contributed by atoms with Gasteiger partial charge in [-0.15, -0.1) is 0 Å². The summed E-state index contributed by atoms with van der Waals surface area (Å²) in [6, 6.07) is 0.951. The quantitative estimate of drug-likeness (QED) is 0.921. The van der Waals surface area contributed by atoms with E-state index in [9.17, 15) is 21.6 Å². The van der Waals surface area contributed by atoms with Crippen LogP contribution < -0.4 is 5.32 Å². The first-order valence-corrected chi connectivity index (χ1v) is 8.18. The van der Waals surface area contributed by atoms with Gasteiger partial charge >= 0.3 is 0 Å². The molecule has 118 valence electrons. The molecule has 0 unspecified atom stereocenters. The third-order valence-electron chi connectivity index (χ3n) is 3.51. The van der Waals surface area contributed by atoms with Crippen molar-refractivity contribution in [1.29, 1.82) is 0 Å². The molecule has 21 heavy (non-hydrogen) atoms. The van der Waals surface area contributed by atoms with Gasteiger partial charge in [0.1, 0.15) is 17.5 Å². The molecule has 0 saturated carbocycles. The Hall–Kier alpha value is -1.12. The highest BCUT2D eigenvalue weighted by Gasteiger charge is 2.33. The van der Waals surface area contributed by atoms with Crippen molar-refractivity contribution < 1.29 is 21.6 Å². The van der Waals surface area contributed by atoms with Crippen LogP contribution in [0, 0.1) is 17.5 Å². The Labute approximate surface area is 122 Å². The van der Waals surface area contributed by atoms with Gasteiger partial charge in [-0.3, -0.25) is 0 Å². The number of nitrogens with zero attached hydrogens (tertiary/aromatic N) is 1. The second kappa shape index (κ2) is 6.33. The minimum Gasteiger partial charge on any atom is -0.314 e. The highest BCUT2D eigenvalue weighted by molar-refractivity contribution is 7.89. The molecule has 2 rings (SSSR count). The number of nitrogens with one attached hydrogen (secondary N) is 1. The maximum absolute atomic E-state index is 13.7. The first-order valence-electron chi connectivity index (χ1n) is 6.74. The summed E-state index contributed by atoms with van der Waals surface area (Å²) in [6.45, 7) is 3.08. The summed E-state index contributed by atoms with van der Waals surface area (Å²) in [5, 5.41) is 3.21. The van der Waals surface area contributed by atoms with E-state index >= 15 is 0 Å². The van der Waals surface area contributed by atoms with Gasteiger partial charge in [0, 0.05) is 31.3 Å². The minimum atomic E-state index is -4.29. The molecule has 0 bridgehead atoms. The monoisotopic (exact) mass is 322 g/mol. The number of benzene rings is 1. The zero-order chi connectivity index (χ0) is 15.6. The highest BCUT2D eigenvalue weighted by Crippen LogP contribution is 2.26. The van der Waals surface area contributed by atoms with Gasteiger partial charge in [0.2, 0.25) is 10.0 Å². The Balaban J connectivity index is 2.24. The van der Waals surface area contributed by atoms with Crippen LogP contribution >= 0.6 is 0 Å². The summed E-state index contributed by atoms with van der Waals surface area (Å²) in [6.07, 6.45) is 1.13. The van der Waals surface area contributed by atoms with Gasteiger partial charge in [-0.05, 0) is 19.4 Å². The zero-order valence-electron chi connectivity index (χ0n) is 11.6. The van der Waals surface area contributed by atoms with Crippen LogP contribution in [0.1, 0.15) is 19.8 Å². The lowest BCUT2D eigenvalue weighted by atomic mass is 10.1. The maximum atomic E-state index is 13.7. The second-order valence-electron chi connectivity index (χ2n) is 4.93. The summed E-state index contributed by atoms with van der Waals surface area (Å²) in [5.74, 6) is -3.95. The predicted octanol–water partition coefficient (Wildman–Crippen LogP) is 1.87. The molecular formula is C13H17F3N2O2S. The van der Waals surface area contributed by atoms with Crippen LogP contribution in [0.5, 0.6) is 0 Å². The number of halogens is 3. The van der Waals surface area contributed by atoms with Crippen molar-refractivity contribution in [3.8, 4) is 0 Å². The van der Waals surface area contributed by atoms with E-state index in [4.69, 9.17) is 0 Å². The Morgan fingerprint density at radius 2 is 1.71 bits per heavy atom. The van der Waals surface area contributed by atoms with Gasteiger partial charge in [-0.1, -0.05) is 6.92 Å². The lowest BCUT2D eigenvalue weighted by molar-refractivity contribution is 0.290. The molecule has 0 spiro atoms. The van der Waals surface area contributed by atoms with Crippen molar-refractivity contribution in [3.05, 3.63) is 29.6 Å². The molecule has 0 aliphatic carbocycles. The van der Waals surface area contributed by atoms with Crippen LogP contribution in [0.2, 0.25) is 0 Å². The van der Waals surface area contributed by atoms with Crippen molar-refractivity contribution in [3.63, 3.8) is 0 Å². The zero-order valence-corrected chi connectivity index (χ0v) is 12.4. The van der Waals surface area contributed by atoms with Gasteiger partial charge in [-0.2, -0.15) is 4.31 Å². The fourth-order valence-corrected chi connectivity index (χ4v) is 4.05. The fraction of sp³-hybridized carbons (Fsp3) is 0.538. The molecular weight excluding hydrogens is 305 g/mol. The summed E-state index contributed by atoms with van der Waals surface area (Å²) >= 11 is 0. The number of rotatable bonds is 4. The molecule has 1 aliphatic rings. The van der Waals surface area contributed by atoms with Crippen molar-refractivity contribution >= 4 is 10.0 Å². The number of hydrogen-bond acceptors (Lipinski definition) is 3. The molecule has 1 saturated heterocycles. The molecule has 0 aromatic heterocycles. The summed E-state index contributed by atoms with van der Waals surface area (Å²) in [4.78, 5) is -1.08. The molecule has 1 aromatic rings. The summed E-state index contributed by atoms with van der Waals surface area (Å²) in [5.41, 5.74) is 0. The molecule has 8 heteroatoms. The predicted molar refractivity (Wildman–Crippen MR) is 71.8 cm³/mol. The first-order chi connectivity index (χ1) is 9.86. The van der Waals surface area contributed by atoms with E-state index in [0.717, 1.165) is 10.8 Å². The van der Waals surface area contributed by atoms with Gasteiger partial charge in [-0.25, -0.2) is 21.6 Å². The molecule has 0 amide bonds. The van der Waals surface area contributed by atoms with E-state index in [0.29, 0.717) is 25.0 Å². The molecule has 0 atom stereocenters. The second-order valence-corrected chi connectivity index (χ2v) is 6.81. The molecule has 1 aliphatic heterocycles. The van der Waals surface area contributed by atoms with E-state index in [1.54, 1.807) is 0 Å². The van der Waals surface area contributed by atoms with Crippen molar-refractivity contribution in [2.45, 2.75) is 30.7 Å². The lowest BCUT2D eigenvalue weighted by Gasteiger charge is -2.31. The molecule has 4 nitrogen and oxygen atoms in total.